The summed E-state index contributed by atoms with van der Waals surface area (Å²) in [6.45, 7) is 3.25. The van der Waals surface area contributed by atoms with Gasteiger partial charge >= 0.3 is 0 Å². The van der Waals surface area contributed by atoms with Crippen LogP contribution in [-0.4, -0.2) is 13.7 Å². The van der Waals surface area contributed by atoms with E-state index in [2.05, 4.69) is 21.2 Å². The topological polar surface area (TPSA) is 30.5 Å². The monoisotopic (exact) mass is 417 g/mol. The summed E-state index contributed by atoms with van der Waals surface area (Å²) in [6, 6.07) is 9.52. The second kappa shape index (κ2) is 8.67. The molecule has 0 saturated carbocycles. The average Bonchev–Trinajstić information content (AvgIpc) is 2.54. The number of methoxy groups -OCH3 is 1. The van der Waals surface area contributed by atoms with E-state index < -0.39 is 0 Å². The first-order valence-electron chi connectivity index (χ1n) is 7.23. The van der Waals surface area contributed by atoms with Crippen molar-refractivity contribution >= 4 is 44.8 Å². The first-order valence-corrected chi connectivity index (χ1v) is 8.78. The van der Waals surface area contributed by atoms with Crippen molar-refractivity contribution in [2.75, 3.05) is 19.0 Å². The number of halogens is 3. The molecule has 0 heterocycles. The molecule has 0 saturated heterocycles. The summed E-state index contributed by atoms with van der Waals surface area (Å²) in [5.74, 6) is 1.23. The highest BCUT2D eigenvalue weighted by molar-refractivity contribution is 9.10. The summed E-state index contributed by atoms with van der Waals surface area (Å²) < 4.78 is 11.9. The Bertz CT molecular complexity index is 680. The van der Waals surface area contributed by atoms with Crippen LogP contribution in [0, 0.1) is 0 Å². The summed E-state index contributed by atoms with van der Waals surface area (Å²) in [5.41, 5.74) is 1.93. The van der Waals surface area contributed by atoms with Gasteiger partial charge in [-0.2, -0.15) is 0 Å². The molecule has 0 aromatic heterocycles. The molecule has 2 aromatic rings. The molecule has 0 fully saturated rings. The lowest BCUT2D eigenvalue weighted by Gasteiger charge is -2.14. The van der Waals surface area contributed by atoms with Gasteiger partial charge in [0.25, 0.3) is 0 Å². The molecule has 0 radical (unpaired) electrons. The fourth-order valence-corrected chi connectivity index (χ4v) is 2.74. The number of hydrogen-bond acceptors (Lipinski definition) is 3. The second-order valence-electron chi connectivity index (χ2n) is 4.94. The largest absolute Gasteiger partial charge is 0.493 e. The Balaban J connectivity index is 2.13. The van der Waals surface area contributed by atoms with Gasteiger partial charge < -0.3 is 14.8 Å². The minimum absolute atomic E-state index is 0.545. The minimum Gasteiger partial charge on any atom is -0.493 e. The van der Waals surface area contributed by atoms with Crippen LogP contribution >= 0.6 is 39.1 Å². The molecule has 1 N–H and O–H groups in total. The van der Waals surface area contributed by atoms with Crippen LogP contribution in [0.25, 0.3) is 0 Å². The molecule has 3 nitrogen and oxygen atoms in total. The summed E-state index contributed by atoms with van der Waals surface area (Å²) in [5, 5.41) is 4.52. The van der Waals surface area contributed by atoms with E-state index in [1.165, 1.54) is 0 Å². The van der Waals surface area contributed by atoms with E-state index in [4.69, 9.17) is 32.7 Å². The summed E-state index contributed by atoms with van der Waals surface area (Å²) in [4.78, 5) is 0. The molecule has 124 valence electrons. The number of nitrogens with one attached hydrogen (secondary N) is 1. The van der Waals surface area contributed by atoms with E-state index in [-0.39, 0.29) is 0 Å². The van der Waals surface area contributed by atoms with Crippen molar-refractivity contribution in [3.63, 3.8) is 0 Å². The Labute approximate surface area is 155 Å². The zero-order chi connectivity index (χ0) is 16.8. The van der Waals surface area contributed by atoms with Gasteiger partial charge in [-0.25, -0.2) is 0 Å². The van der Waals surface area contributed by atoms with Crippen LogP contribution in [0.5, 0.6) is 11.5 Å². The maximum absolute atomic E-state index is 6.32. The quantitative estimate of drug-likeness (QED) is 0.583. The fourth-order valence-electron chi connectivity index (χ4n) is 2.03. The van der Waals surface area contributed by atoms with Crippen molar-refractivity contribution in [2.24, 2.45) is 0 Å². The minimum atomic E-state index is 0.545. The van der Waals surface area contributed by atoms with E-state index >= 15 is 0 Å². The molecule has 0 aliphatic heterocycles. The van der Waals surface area contributed by atoms with Gasteiger partial charge in [-0.1, -0.05) is 30.1 Å². The van der Waals surface area contributed by atoms with Crippen LogP contribution in [0.1, 0.15) is 18.9 Å². The van der Waals surface area contributed by atoms with Gasteiger partial charge in [-0.05, 0) is 58.2 Å². The Hall–Kier alpha value is -1.10. The van der Waals surface area contributed by atoms with Gasteiger partial charge in [0.1, 0.15) is 0 Å². The van der Waals surface area contributed by atoms with Crippen molar-refractivity contribution in [2.45, 2.75) is 19.9 Å². The molecule has 0 unspecified atom stereocenters. The Morgan fingerprint density at radius 1 is 1.13 bits per heavy atom. The molecule has 0 spiro atoms. The summed E-state index contributed by atoms with van der Waals surface area (Å²) >= 11 is 15.8. The lowest BCUT2D eigenvalue weighted by molar-refractivity contribution is 0.294. The van der Waals surface area contributed by atoms with Crippen LogP contribution in [0.2, 0.25) is 10.0 Å². The van der Waals surface area contributed by atoms with Crippen LogP contribution in [0.4, 0.5) is 5.69 Å². The van der Waals surface area contributed by atoms with Crippen LogP contribution in [-0.2, 0) is 6.54 Å². The van der Waals surface area contributed by atoms with Gasteiger partial charge in [0.15, 0.2) is 11.5 Å². The highest BCUT2D eigenvalue weighted by Crippen LogP contribution is 2.36. The molecule has 0 bridgehead atoms. The molecule has 0 aliphatic carbocycles. The van der Waals surface area contributed by atoms with Crippen LogP contribution in [0.3, 0.4) is 0 Å². The highest BCUT2D eigenvalue weighted by Gasteiger charge is 2.12. The van der Waals surface area contributed by atoms with E-state index in [9.17, 15) is 0 Å². The standard InChI is InChI=1S/C17H18BrCl2NO2/c1-3-6-23-17-15(20)7-11(8-16(17)22-2)10-21-12-4-5-13(18)14(19)9-12/h4-5,7-9,21H,3,6,10H2,1-2H3. The smallest absolute Gasteiger partial charge is 0.179 e. The van der Waals surface area contributed by atoms with Gasteiger partial charge in [-0.15, -0.1) is 0 Å². The SMILES string of the molecule is CCCOc1c(Cl)cc(CNc2ccc(Br)c(Cl)c2)cc1OC. The summed E-state index contributed by atoms with van der Waals surface area (Å²) in [6.07, 6.45) is 0.910. The van der Waals surface area contributed by atoms with Crippen molar-refractivity contribution < 1.29 is 9.47 Å². The van der Waals surface area contributed by atoms with Crippen molar-refractivity contribution in [3.05, 3.63) is 50.4 Å². The van der Waals surface area contributed by atoms with Crippen molar-refractivity contribution in [1.29, 1.82) is 0 Å². The number of ether oxygens (including phenoxy) is 2. The molecule has 2 aromatic carbocycles. The Morgan fingerprint density at radius 2 is 1.91 bits per heavy atom. The molecule has 0 amide bonds. The van der Waals surface area contributed by atoms with E-state index in [1.54, 1.807) is 7.11 Å². The second-order valence-corrected chi connectivity index (χ2v) is 6.61. The fraction of sp³-hybridized carbons (Fsp3) is 0.294. The Morgan fingerprint density at radius 3 is 2.57 bits per heavy atom. The molecular formula is C17H18BrCl2NO2. The predicted molar refractivity (Wildman–Crippen MR) is 100 cm³/mol. The molecule has 0 atom stereocenters. The van der Waals surface area contributed by atoms with E-state index in [1.807, 2.05) is 37.3 Å². The normalized spacial score (nSPS) is 10.5. The molecule has 2 rings (SSSR count). The Kier molecular flexibility index (Phi) is 6.88. The van der Waals surface area contributed by atoms with E-state index in [0.29, 0.717) is 34.7 Å². The first-order chi connectivity index (χ1) is 11.0. The summed E-state index contributed by atoms with van der Waals surface area (Å²) in [7, 11) is 1.61. The highest BCUT2D eigenvalue weighted by atomic mass is 79.9. The van der Waals surface area contributed by atoms with Crippen molar-refractivity contribution in [1.82, 2.24) is 0 Å². The molecule has 0 aliphatic rings. The van der Waals surface area contributed by atoms with Crippen molar-refractivity contribution in [3.8, 4) is 11.5 Å². The van der Waals surface area contributed by atoms with Gasteiger partial charge in [0.05, 0.1) is 23.8 Å². The zero-order valence-corrected chi connectivity index (χ0v) is 16.1. The van der Waals surface area contributed by atoms with Crippen LogP contribution in [0.15, 0.2) is 34.8 Å². The number of hydrogen-bond donors (Lipinski definition) is 1. The lowest BCUT2D eigenvalue weighted by Crippen LogP contribution is -2.03. The zero-order valence-electron chi connectivity index (χ0n) is 13.0. The third kappa shape index (κ3) is 4.93. The predicted octanol–water partition coefficient (Wildman–Crippen LogP) is 6.17. The third-order valence-corrected chi connectivity index (χ3v) is 4.67. The van der Waals surface area contributed by atoms with Gasteiger partial charge in [0.2, 0.25) is 0 Å². The maximum Gasteiger partial charge on any atom is 0.179 e. The number of anilines is 1. The maximum atomic E-state index is 6.32. The molecule has 23 heavy (non-hydrogen) atoms. The van der Waals surface area contributed by atoms with E-state index in [0.717, 1.165) is 22.1 Å². The first kappa shape index (κ1) is 18.2. The van der Waals surface area contributed by atoms with Gasteiger partial charge in [-0.3, -0.25) is 0 Å². The third-order valence-electron chi connectivity index (χ3n) is 3.16. The molecule has 6 heteroatoms. The molecular weight excluding hydrogens is 401 g/mol. The lowest BCUT2D eigenvalue weighted by atomic mass is 10.2. The van der Waals surface area contributed by atoms with Crippen LogP contribution < -0.4 is 14.8 Å². The number of rotatable bonds is 7. The number of benzene rings is 2. The average molecular weight is 419 g/mol. The van der Waals surface area contributed by atoms with Gasteiger partial charge in [0, 0.05) is 16.7 Å².